The Morgan fingerprint density at radius 1 is 1.09 bits per heavy atom. The topological polar surface area (TPSA) is 82.4 Å². The van der Waals surface area contributed by atoms with E-state index in [2.05, 4.69) is 11.4 Å². The van der Waals surface area contributed by atoms with Gasteiger partial charge in [0.15, 0.2) is 0 Å². The number of anilines is 1. The Labute approximate surface area is 205 Å². The summed E-state index contributed by atoms with van der Waals surface area (Å²) in [5.74, 6) is -0.545. The third-order valence-corrected chi connectivity index (χ3v) is 6.05. The highest BCUT2D eigenvalue weighted by Gasteiger charge is 2.31. The number of hydrogen-bond donors (Lipinski definition) is 1. The number of methoxy groups -OCH3 is 1. The first kappa shape index (κ1) is 23.8. The minimum atomic E-state index is -0.697. The number of carbonyl (C=O) groups is 2. The van der Waals surface area contributed by atoms with E-state index in [-0.39, 0.29) is 12.3 Å². The average Bonchev–Trinajstić information content (AvgIpc) is 3.02. The third-order valence-electron chi connectivity index (χ3n) is 6.05. The fraction of sp³-hybridized carbons (Fsp3) is 0.207. The van der Waals surface area contributed by atoms with Crippen LogP contribution in [0.3, 0.4) is 0 Å². The van der Waals surface area contributed by atoms with Crippen molar-refractivity contribution in [2.75, 3.05) is 19.0 Å². The monoisotopic (exact) mass is 465 g/mol. The Morgan fingerprint density at radius 3 is 2.51 bits per heavy atom. The first-order valence-electron chi connectivity index (χ1n) is 11.5. The molecule has 1 aliphatic rings. The van der Waals surface area contributed by atoms with Gasteiger partial charge >= 0.3 is 5.97 Å². The lowest BCUT2D eigenvalue weighted by molar-refractivity contribution is -0.144. The van der Waals surface area contributed by atoms with E-state index in [1.165, 1.54) is 7.11 Å². The van der Waals surface area contributed by atoms with Crippen LogP contribution in [0.25, 0.3) is 12.2 Å². The van der Waals surface area contributed by atoms with Crippen LogP contribution in [0, 0.1) is 11.3 Å². The second-order valence-corrected chi connectivity index (χ2v) is 8.46. The van der Waals surface area contributed by atoms with E-state index in [0.29, 0.717) is 18.7 Å². The van der Waals surface area contributed by atoms with Crippen LogP contribution in [0.4, 0.5) is 5.69 Å². The van der Waals surface area contributed by atoms with Crippen LogP contribution in [0.5, 0.6) is 0 Å². The number of hydrogen-bond acceptors (Lipinski definition) is 5. The minimum Gasteiger partial charge on any atom is -0.469 e. The Bertz CT molecular complexity index is 1260. The van der Waals surface area contributed by atoms with Crippen LogP contribution in [0.2, 0.25) is 0 Å². The summed E-state index contributed by atoms with van der Waals surface area (Å²) in [6.07, 6.45) is 4.65. The van der Waals surface area contributed by atoms with Gasteiger partial charge in [-0.05, 0) is 46.9 Å². The van der Waals surface area contributed by atoms with Crippen molar-refractivity contribution in [3.8, 4) is 6.07 Å². The highest BCUT2D eigenvalue weighted by atomic mass is 16.5. The van der Waals surface area contributed by atoms with Crippen LogP contribution in [-0.2, 0) is 27.3 Å². The smallest absolute Gasteiger partial charge is 0.308 e. The molecule has 1 amide bonds. The molecule has 0 radical (unpaired) electrons. The standard InChI is InChI=1S/C29H27N3O3/c1-35-28(33)18-27-29(34)32(16-15-21-5-3-2-4-6-21)20-25-14-13-23(17-26(25)31-27)10-7-22-8-11-24(19-30)12-9-22/h2-14,17,27,31H,15-16,18,20H2,1H3/b10-7+. The molecule has 0 bridgehead atoms. The fourth-order valence-electron chi connectivity index (χ4n) is 4.07. The van der Waals surface area contributed by atoms with Crippen LogP contribution in [-0.4, -0.2) is 36.5 Å². The highest BCUT2D eigenvalue weighted by Crippen LogP contribution is 2.27. The molecule has 0 saturated heterocycles. The van der Waals surface area contributed by atoms with Gasteiger partial charge in [0.2, 0.25) is 5.91 Å². The number of rotatable bonds is 7. The first-order chi connectivity index (χ1) is 17.1. The zero-order valence-electron chi connectivity index (χ0n) is 19.6. The van der Waals surface area contributed by atoms with Gasteiger partial charge < -0.3 is 15.0 Å². The van der Waals surface area contributed by atoms with Crippen molar-refractivity contribution in [3.63, 3.8) is 0 Å². The summed E-state index contributed by atoms with van der Waals surface area (Å²) in [5, 5.41) is 12.3. The van der Waals surface area contributed by atoms with Gasteiger partial charge in [0.1, 0.15) is 6.04 Å². The molecule has 1 aliphatic heterocycles. The number of nitrogens with zero attached hydrogens (tertiary/aromatic N) is 2. The molecular formula is C29H27N3O3. The number of amides is 1. The van der Waals surface area contributed by atoms with E-state index in [0.717, 1.165) is 34.4 Å². The Hall–Kier alpha value is -4.37. The number of benzene rings is 3. The maximum atomic E-state index is 13.4. The molecule has 4 rings (SSSR count). The lowest BCUT2D eigenvalue weighted by Crippen LogP contribution is -2.42. The van der Waals surface area contributed by atoms with E-state index in [1.807, 2.05) is 77.7 Å². The molecule has 0 aromatic heterocycles. The quantitative estimate of drug-likeness (QED) is 0.405. The Kier molecular flexibility index (Phi) is 7.59. The number of carbonyl (C=O) groups excluding carboxylic acids is 2. The van der Waals surface area contributed by atoms with Crippen molar-refractivity contribution in [2.24, 2.45) is 0 Å². The van der Waals surface area contributed by atoms with Gasteiger partial charge in [-0.2, -0.15) is 5.26 Å². The van der Waals surface area contributed by atoms with E-state index in [4.69, 9.17) is 10.00 Å². The van der Waals surface area contributed by atoms with Crippen LogP contribution in [0.15, 0.2) is 72.8 Å². The maximum Gasteiger partial charge on any atom is 0.308 e. The third kappa shape index (κ3) is 6.15. The van der Waals surface area contributed by atoms with Gasteiger partial charge in [-0.3, -0.25) is 9.59 Å². The van der Waals surface area contributed by atoms with E-state index >= 15 is 0 Å². The van der Waals surface area contributed by atoms with Gasteiger partial charge in [-0.1, -0.05) is 66.7 Å². The van der Waals surface area contributed by atoms with Crippen molar-refractivity contribution in [2.45, 2.75) is 25.4 Å². The molecule has 0 fully saturated rings. The molecule has 1 atom stereocenters. The maximum absolute atomic E-state index is 13.4. The molecule has 1 unspecified atom stereocenters. The molecule has 6 nitrogen and oxygen atoms in total. The molecule has 3 aromatic rings. The largest absolute Gasteiger partial charge is 0.469 e. The predicted octanol–water partition coefficient (Wildman–Crippen LogP) is 4.66. The second-order valence-electron chi connectivity index (χ2n) is 8.46. The lowest BCUT2D eigenvalue weighted by Gasteiger charge is -2.24. The summed E-state index contributed by atoms with van der Waals surface area (Å²) < 4.78 is 4.84. The van der Waals surface area contributed by atoms with Crippen LogP contribution in [0.1, 0.15) is 34.2 Å². The summed E-state index contributed by atoms with van der Waals surface area (Å²) in [5.41, 5.74) is 5.55. The van der Waals surface area contributed by atoms with E-state index < -0.39 is 12.0 Å². The van der Waals surface area contributed by atoms with Crippen LogP contribution >= 0.6 is 0 Å². The Balaban J connectivity index is 1.56. The van der Waals surface area contributed by atoms with Crippen molar-refractivity contribution < 1.29 is 14.3 Å². The second kappa shape index (κ2) is 11.2. The van der Waals surface area contributed by atoms with Gasteiger partial charge in [0.25, 0.3) is 0 Å². The van der Waals surface area contributed by atoms with Gasteiger partial charge in [-0.25, -0.2) is 0 Å². The van der Waals surface area contributed by atoms with Crippen molar-refractivity contribution in [1.82, 2.24) is 4.90 Å². The molecule has 0 saturated carbocycles. The molecule has 0 spiro atoms. The SMILES string of the molecule is COC(=O)CC1Nc2cc(/C=C/c3ccc(C#N)cc3)ccc2CN(CCc2ccccc2)C1=O. The lowest BCUT2D eigenvalue weighted by atomic mass is 10.1. The number of nitriles is 1. The molecule has 176 valence electrons. The van der Waals surface area contributed by atoms with E-state index in [1.54, 1.807) is 12.1 Å². The van der Waals surface area contributed by atoms with Gasteiger partial charge in [-0.15, -0.1) is 0 Å². The first-order valence-corrected chi connectivity index (χ1v) is 11.5. The summed E-state index contributed by atoms with van der Waals surface area (Å²) in [4.78, 5) is 27.2. The van der Waals surface area contributed by atoms with E-state index in [9.17, 15) is 9.59 Å². The van der Waals surface area contributed by atoms with Gasteiger partial charge in [0.05, 0.1) is 25.2 Å². The summed E-state index contributed by atoms with van der Waals surface area (Å²) in [6.45, 7) is 1.02. The molecule has 1 heterocycles. The predicted molar refractivity (Wildman–Crippen MR) is 136 cm³/mol. The molecular weight excluding hydrogens is 438 g/mol. The van der Waals surface area contributed by atoms with Crippen molar-refractivity contribution >= 4 is 29.7 Å². The fourth-order valence-corrected chi connectivity index (χ4v) is 4.07. The van der Waals surface area contributed by atoms with Crippen LogP contribution < -0.4 is 5.32 Å². The van der Waals surface area contributed by atoms with Gasteiger partial charge in [0, 0.05) is 18.8 Å². The molecule has 6 heteroatoms. The number of fused-ring (bicyclic) bond motifs is 1. The normalized spacial score (nSPS) is 15.1. The molecule has 35 heavy (non-hydrogen) atoms. The average molecular weight is 466 g/mol. The summed E-state index contributed by atoms with van der Waals surface area (Å²) in [6, 6.07) is 24.9. The number of ether oxygens (including phenoxy) is 1. The number of nitrogens with one attached hydrogen (secondary N) is 1. The zero-order chi connectivity index (χ0) is 24.6. The Morgan fingerprint density at radius 2 is 1.80 bits per heavy atom. The number of esters is 1. The molecule has 3 aromatic carbocycles. The van der Waals surface area contributed by atoms with Crippen molar-refractivity contribution in [3.05, 3.63) is 101 Å². The summed E-state index contributed by atoms with van der Waals surface area (Å²) >= 11 is 0. The van der Waals surface area contributed by atoms with Crippen molar-refractivity contribution in [1.29, 1.82) is 5.26 Å². The highest BCUT2D eigenvalue weighted by molar-refractivity contribution is 5.90. The summed E-state index contributed by atoms with van der Waals surface area (Å²) in [7, 11) is 1.33. The minimum absolute atomic E-state index is 0.0398. The molecule has 0 aliphatic carbocycles. The zero-order valence-corrected chi connectivity index (χ0v) is 19.6. The molecule has 1 N–H and O–H groups in total.